The summed E-state index contributed by atoms with van der Waals surface area (Å²) in [6.45, 7) is 9.27. The van der Waals surface area contributed by atoms with E-state index in [1.807, 2.05) is 13.8 Å². The SMILES string of the molecule is COc1ccc(NC(=O)C(CC(C)C)NC(=O)OC(C)(C)C)cn1. The fourth-order valence-corrected chi connectivity index (χ4v) is 1.96. The number of alkyl carbamates (subject to hydrolysis) is 1. The highest BCUT2D eigenvalue weighted by Gasteiger charge is 2.25. The number of methoxy groups -OCH3 is 1. The van der Waals surface area contributed by atoms with E-state index in [9.17, 15) is 9.59 Å². The number of amides is 2. The van der Waals surface area contributed by atoms with Crippen LogP contribution in [-0.4, -0.2) is 35.7 Å². The highest BCUT2D eigenvalue weighted by Crippen LogP contribution is 2.14. The number of aromatic nitrogens is 1. The second-order valence-corrected chi connectivity index (χ2v) is 6.91. The molecule has 1 heterocycles. The summed E-state index contributed by atoms with van der Waals surface area (Å²) in [5, 5.41) is 5.37. The van der Waals surface area contributed by atoms with Crippen molar-refractivity contribution in [2.45, 2.75) is 52.7 Å². The first-order valence-electron chi connectivity index (χ1n) is 7.91. The van der Waals surface area contributed by atoms with Crippen LogP contribution in [0.25, 0.3) is 0 Å². The van der Waals surface area contributed by atoms with Crippen molar-refractivity contribution in [1.82, 2.24) is 10.3 Å². The molecule has 0 saturated carbocycles. The van der Waals surface area contributed by atoms with Gasteiger partial charge < -0.3 is 20.1 Å². The molecule has 2 amide bonds. The van der Waals surface area contributed by atoms with Crippen LogP contribution in [0.2, 0.25) is 0 Å². The van der Waals surface area contributed by atoms with E-state index in [1.165, 1.54) is 13.3 Å². The lowest BCUT2D eigenvalue weighted by Gasteiger charge is -2.24. The van der Waals surface area contributed by atoms with E-state index < -0.39 is 17.7 Å². The Balaban J connectivity index is 2.74. The minimum Gasteiger partial charge on any atom is -0.481 e. The van der Waals surface area contributed by atoms with Crippen LogP contribution >= 0.6 is 0 Å². The van der Waals surface area contributed by atoms with Gasteiger partial charge in [-0.1, -0.05) is 13.8 Å². The van der Waals surface area contributed by atoms with Gasteiger partial charge in [0.1, 0.15) is 11.6 Å². The van der Waals surface area contributed by atoms with Crippen molar-refractivity contribution < 1.29 is 19.1 Å². The Hall–Kier alpha value is -2.31. The molecule has 1 rings (SSSR count). The van der Waals surface area contributed by atoms with Crippen LogP contribution in [0.4, 0.5) is 10.5 Å². The maximum absolute atomic E-state index is 12.5. The van der Waals surface area contributed by atoms with Crippen LogP contribution in [0, 0.1) is 5.92 Å². The Morgan fingerprint density at radius 3 is 2.38 bits per heavy atom. The number of nitrogens with zero attached hydrogens (tertiary/aromatic N) is 1. The summed E-state index contributed by atoms with van der Waals surface area (Å²) in [5.41, 5.74) is -0.0939. The van der Waals surface area contributed by atoms with Crippen molar-refractivity contribution in [2.75, 3.05) is 12.4 Å². The van der Waals surface area contributed by atoms with Gasteiger partial charge in [0.2, 0.25) is 11.8 Å². The van der Waals surface area contributed by atoms with Gasteiger partial charge in [0, 0.05) is 6.07 Å². The van der Waals surface area contributed by atoms with Crippen LogP contribution in [0.5, 0.6) is 5.88 Å². The second-order valence-electron chi connectivity index (χ2n) is 6.91. The molecule has 7 nitrogen and oxygen atoms in total. The molecule has 0 aliphatic heterocycles. The molecule has 0 spiro atoms. The zero-order valence-electron chi connectivity index (χ0n) is 15.2. The minimum absolute atomic E-state index is 0.227. The van der Waals surface area contributed by atoms with E-state index in [2.05, 4.69) is 15.6 Å². The third-order valence-electron chi connectivity index (χ3n) is 2.93. The van der Waals surface area contributed by atoms with Crippen LogP contribution in [0.3, 0.4) is 0 Å². The van der Waals surface area contributed by atoms with Gasteiger partial charge >= 0.3 is 6.09 Å². The average molecular weight is 337 g/mol. The fraction of sp³-hybridized carbons (Fsp3) is 0.588. The molecule has 1 atom stereocenters. The number of carbonyl (C=O) groups excluding carboxylic acids is 2. The summed E-state index contributed by atoms with van der Waals surface area (Å²) in [7, 11) is 1.52. The summed E-state index contributed by atoms with van der Waals surface area (Å²) in [6.07, 6.45) is 1.38. The van der Waals surface area contributed by atoms with E-state index in [-0.39, 0.29) is 11.8 Å². The number of pyridine rings is 1. The molecule has 0 fully saturated rings. The van der Waals surface area contributed by atoms with Crippen molar-refractivity contribution in [1.29, 1.82) is 0 Å². The number of anilines is 1. The topological polar surface area (TPSA) is 89.6 Å². The third kappa shape index (κ3) is 7.30. The van der Waals surface area contributed by atoms with Gasteiger partial charge in [-0.2, -0.15) is 0 Å². The lowest BCUT2D eigenvalue weighted by Crippen LogP contribution is -2.46. The number of nitrogens with one attached hydrogen (secondary N) is 2. The molecule has 134 valence electrons. The largest absolute Gasteiger partial charge is 0.481 e. The Labute approximate surface area is 143 Å². The van der Waals surface area contributed by atoms with Gasteiger partial charge in [0.25, 0.3) is 0 Å². The smallest absolute Gasteiger partial charge is 0.408 e. The van der Waals surface area contributed by atoms with Crippen molar-refractivity contribution in [3.63, 3.8) is 0 Å². The summed E-state index contributed by atoms with van der Waals surface area (Å²) >= 11 is 0. The van der Waals surface area contributed by atoms with Crippen molar-refractivity contribution in [3.05, 3.63) is 18.3 Å². The molecular weight excluding hydrogens is 310 g/mol. The molecule has 1 aromatic heterocycles. The molecule has 1 aromatic rings. The molecule has 0 aromatic carbocycles. The Morgan fingerprint density at radius 1 is 1.25 bits per heavy atom. The third-order valence-corrected chi connectivity index (χ3v) is 2.93. The van der Waals surface area contributed by atoms with Gasteiger partial charge in [0.15, 0.2) is 0 Å². The summed E-state index contributed by atoms with van der Waals surface area (Å²) in [6, 6.07) is 2.64. The van der Waals surface area contributed by atoms with Crippen LogP contribution in [-0.2, 0) is 9.53 Å². The van der Waals surface area contributed by atoms with Gasteiger partial charge in [-0.3, -0.25) is 4.79 Å². The lowest BCUT2D eigenvalue weighted by atomic mass is 10.0. The van der Waals surface area contributed by atoms with E-state index in [1.54, 1.807) is 32.9 Å². The molecule has 0 radical (unpaired) electrons. The fourth-order valence-electron chi connectivity index (χ4n) is 1.96. The predicted molar refractivity (Wildman–Crippen MR) is 92.0 cm³/mol. The summed E-state index contributed by atoms with van der Waals surface area (Å²) in [5.74, 6) is 0.366. The van der Waals surface area contributed by atoms with Gasteiger partial charge in [-0.05, 0) is 39.2 Å². The quantitative estimate of drug-likeness (QED) is 0.833. The van der Waals surface area contributed by atoms with E-state index in [4.69, 9.17) is 9.47 Å². The van der Waals surface area contributed by atoms with Crippen LogP contribution < -0.4 is 15.4 Å². The highest BCUT2D eigenvalue weighted by atomic mass is 16.6. The predicted octanol–water partition coefficient (Wildman–Crippen LogP) is 2.97. The van der Waals surface area contributed by atoms with Crippen molar-refractivity contribution in [3.8, 4) is 5.88 Å². The van der Waals surface area contributed by atoms with E-state index in [0.717, 1.165) is 0 Å². The normalized spacial score (nSPS) is 12.5. The molecule has 24 heavy (non-hydrogen) atoms. The Morgan fingerprint density at radius 2 is 1.92 bits per heavy atom. The first-order chi connectivity index (χ1) is 11.1. The molecule has 2 N–H and O–H groups in total. The molecule has 7 heteroatoms. The number of hydrogen-bond acceptors (Lipinski definition) is 5. The number of hydrogen-bond donors (Lipinski definition) is 2. The first-order valence-corrected chi connectivity index (χ1v) is 7.91. The number of rotatable bonds is 6. The van der Waals surface area contributed by atoms with Crippen molar-refractivity contribution in [2.24, 2.45) is 5.92 Å². The van der Waals surface area contributed by atoms with Gasteiger partial charge in [-0.25, -0.2) is 9.78 Å². The average Bonchev–Trinajstić information content (AvgIpc) is 2.44. The highest BCUT2D eigenvalue weighted by molar-refractivity contribution is 5.96. The molecular formula is C17H27N3O4. The summed E-state index contributed by atoms with van der Waals surface area (Å²) in [4.78, 5) is 28.4. The maximum atomic E-state index is 12.5. The molecule has 0 saturated heterocycles. The van der Waals surface area contributed by atoms with Gasteiger partial charge in [-0.15, -0.1) is 0 Å². The summed E-state index contributed by atoms with van der Waals surface area (Å²) < 4.78 is 10.2. The van der Waals surface area contributed by atoms with Crippen LogP contribution in [0.1, 0.15) is 41.0 Å². The monoisotopic (exact) mass is 337 g/mol. The molecule has 0 bridgehead atoms. The Bertz CT molecular complexity index is 550. The molecule has 0 aliphatic carbocycles. The number of carbonyl (C=O) groups is 2. The zero-order valence-corrected chi connectivity index (χ0v) is 15.2. The van der Waals surface area contributed by atoms with Crippen LogP contribution in [0.15, 0.2) is 18.3 Å². The number of ether oxygens (including phenoxy) is 2. The Kier molecular flexibility index (Phi) is 7.00. The first kappa shape index (κ1) is 19.7. The van der Waals surface area contributed by atoms with E-state index in [0.29, 0.717) is 18.0 Å². The molecule has 0 aliphatic rings. The minimum atomic E-state index is -0.693. The second kappa shape index (κ2) is 8.52. The lowest BCUT2D eigenvalue weighted by molar-refractivity contribution is -0.118. The van der Waals surface area contributed by atoms with E-state index >= 15 is 0 Å². The standard InChI is InChI=1S/C17H27N3O4/c1-11(2)9-13(20-16(22)24-17(3,4)5)15(21)19-12-7-8-14(23-6)18-10-12/h7-8,10-11,13H,9H2,1-6H3,(H,19,21)(H,20,22). The molecule has 1 unspecified atom stereocenters. The zero-order chi connectivity index (χ0) is 18.3. The van der Waals surface area contributed by atoms with Gasteiger partial charge in [0.05, 0.1) is 19.0 Å². The maximum Gasteiger partial charge on any atom is 0.408 e. The van der Waals surface area contributed by atoms with Crippen molar-refractivity contribution >= 4 is 17.7 Å².